The number of hydrogen-bond acceptors (Lipinski definition) is 4. The van der Waals surface area contributed by atoms with Gasteiger partial charge in [0.2, 0.25) is 10.0 Å². The van der Waals surface area contributed by atoms with Crippen molar-refractivity contribution in [2.24, 2.45) is 0 Å². The minimum atomic E-state index is -3.71. The Morgan fingerprint density at radius 1 is 0.963 bits per heavy atom. The largest absolute Gasteiger partial charge is 0.223 e. The van der Waals surface area contributed by atoms with Crippen LogP contribution >= 0.6 is 0 Å². The van der Waals surface area contributed by atoms with Gasteiger partial charge in [-0.3, -0.25) is 0 Å². The maximum absolute atomic E-state index is 13.1. The SMILES string of the molecule is O=S(=O)(c1ccc(F)cc1)[C@@H]1CCCN(S(=O)(=O)CCc2ccccc2)C1. The maximum atomic E-state index is 13.1. The molecule has 8 heteroatoms. The molecule has 0 unspecified atom stereocenters. The molecule has 0 saturated carbocycles. The fourth-order valence-electron chi connectivity index (χ4n) is 3.25. The van der Waals surface area contributed by atoms with E-state index in [1.807, 2.05) is 30.3 Å². The van der Waals surface area contributed by atoms with Gasteiger partial charge in [0.15, 0.2) is 9.84 Å². The quantitative estimate of drug-likeness (QED) is 0.685. The summed E-state index contributed by atoms with van der Waals surface area (Å²) < 4.78 is 65.4. The van der Waals surface area contributed by atoms with Gasteiger partial charge in [-0.15, -0.1) is 0 Å². The van der Waals surface area contributed by atoms with E-state index >= 15 is 0 Å². The number of benzene rings is 2. The number of nitrogens with zero attached hydrogens (tertiary/aromatic N) is 1. The van der Waals surface area contributed by atoms with Crippen LogP contribution in [-0.4, -0.2) is 45.2 Å². The molecule has 2 aromatic carbocycles. The van der Waals surface area contributed by atoms with Gasteiger partial charge in [-0.2, -0.15) is 0 Å². The molecule has 2 aromatic rings. The molecular weight excluding hydrogens is 389 g/mol. The molecule has 0 aliphatic carbocycles. The van der Waals surface area contributed by atoms with Crippen molar-refractivity contribution in [1.82, 2.24) is 4.31 Å². The molecule has 3 rings (SSSR count). The zero-order valence-corrected chi connectivity index (χ0v) is 16.4. The third-order valence-corrected chi connectivity index (χ3v) is 8.84. The number of piperidine rings is 1. The summed E-state index contributed by atoms with van der Waals surface area (Å²) in [5.41, 5.74) is 0.925. The highest BCUT2D eigenvalue weighted by Crippen LogP contribution is 2.25. The molecule has 1 aliphatic heterocycles. The standard InChI is InChI=1S/C19H22FNO4S2/c20-17-8-10-18(11-9-17)27(24,25)19-7-4-13-21(15-19)26(22,23)14-12-16-5-2-1-3-6-16/h1-3,5-6,8-11,19H,4,7,12-15H2/t19-/m1/s1. The van der Waals surface area contributed by atoms with Crippen LogP contribution in [-0.2, 0) is 26.3 Å². The minimum Gasteiger partial charge on any atom is -0.223 e. The lowest BCUT2D eigenvalue weighted by Gasteiger charge is -2.31. The van der Waals surface area contributed by atoms with Gasteiger partial charge in [0, 0.05) is 13.1 Å². The second-order valence-corrected chi connectivity index (χ2v) is 11.0. The van der Waals surface area contributed by atoms with E-state index in [1.54, 1.807) is 0 Å². The number of rotatable bonds is 6. The highest BCUT2D eigenvalue weighted by Gasteiger charge is 2.36. The van der Waals surface area contributed by atoms with Gasteiger partial charge < -0.3 is 0 Å². The Morgan fingerprint density at radius 2 is 1.63 bits per heavy atom. The third-order valence-electron chi connectivity index (χ3n) is 4.81. The van der Waals surface area contributed by atoms with Crippen molar-refractivity contribution in [1.29, 1.82) is 0 Å². The van der Waals surface area contributed by atoms with Gasteiger partial charge in [-0.1, -0.05) is 30.3 Å². The topological polar surface area (TPSA) is 71.5 Å². The van der Waals surface area contributed by atoms with E-state index < -0.39 is 30.9 Å². The molecule has 5 nitrogen and oxygen atoms in total. The lowest BCUT2D eigenvalue weighted by molar-refractivity contribution is 0.346. The van der Waals surface area contributed by atoms with E-state index in [0.29, 0.717) is 25.8 Å². The molecule has 1 saturated heterocycles. The predicted octanol–water partition coefficient (Wildman–Crippen LogP) is 2.64. The number of hydrogen-bond donors (Lipinski definition) is 0. The van der Waals surface area contributed by atoms with Gasteiger partial charge in [0.1, 0.15) is 5.82 Å². The molecule has 0 spiro atoms. The molecule has 0 radical (unpaired) electrons. The molecule has 1 atom stereocenters. The molecule has 27 heavy (non-hydrogen) atoms. The summed E-state index contributed by atoms with van der Waals surface area (Å²) in [7, 11) is -7.27. The second-order valence-electron chi connectivity index (χ2n) is 6.67. The Kier molecular flexibility index (Phi) is 5.98. The second kappa shape index (κ2) is 8.08. The number of halogens is 1. The molecule has 1 heterocycles. The molecular formula is C19H22FNO4S2. The average molecular weight is 412 g/mol. The average Bonchev–Trinajstić information content (AvgIpc) is 2.68. The van der Waals surface area contributed by atoms with Crippen LogP contribution in [0.25, 0.3) is 0 Å². The monoisotopic (exact) mass is 411 g/mol. The van der Waals surface area contributed by atoms with E-state index in [2.05, 4.69) is 0 Å². The first-order chi connectivity index (χ1) is 12.8. The third kappa shape index (κ3) is 4.75. The van der Waals surface area contributed by atoms with Crippen LogP contribution in [0.4, 0.5) is 4.39 Å². The van der Waals surface area contributed by atoms with Crippen LogP contribution in [0.3, 0.4) is 0 Å². The Morgan fingerprint density at radius 3 is 2.30 bits per heavy atom. The van der Waals surface area contributed by atoms with Crippen molar-refractivity contribution in [3.8, 4) is 0 Å². The van der Waals surface area contributed by atoms with Crippen molar-refractivity contribution >= 4 is 19.9 Å². The van der Waals surface area contributed by atoms with Gasteiger partial charge in [0.25, 0.3) is 0 Å². The first kappa shape index (κ1) is 20.0. The normalized spacial score (nSPS) is 19.1. The van der Waals surface area contributed by atoms with E-state index in [-0.39, 0.29) is 17.2 Å². The van der Waals surface area contributed by atoms with Crippen LogP contribution < -0.4 is 0 Å². The highest BCUT2D eigenvalue weighted by molar-refractivity contribution is 7.92. The summed E-state index contributed by atoms with van der Waals surface area (Å²) in [6.07, 6.45) is 1.26. The fraction of sp³-hybridized carbons (Fsp3) is 0.368. The molecule has 0 bridgehead atoms. The van der Waals surface area contributed by atoms with Crippen molar-refractivity contribution in [3.05, 3.63) is 66.0 Å². The summed E-state index contributed by atoms with van der Waals surface area (Å²) >= 11 is 0. The summed E-state index contributed by atoms with van der Waals surface area (Å²) in [4.78, 5) is 0.0254. The van der Waals surface area contributed by atoms with E-state index in [1.165, 1.54) is 16.4 Å². The lowest BCUT2D eigenvalue weighted by Crippen LogP contribution is -2.46. The van der Waals surface area contributed by atoms with Gasteiger partial charge in [0.05, 0.1) is 15.9 Å². The molecule has 1 fully saturated rings. The van der Waals surface area contributed by atoms with Crippen molar-refractivity contribution in [2.45, 2.75) is 29.4 Å². The number of sulfone groups is 1. The van der Waals surface area contributed by atoms with E-state index in [4.69, 9.17) is 0 Å². The zero-order valence-electron chi connectivity index (χ0n) is 14.8. The smallest absolute Gasteiger partial charge is 0.214 e. The summed E-state index contributed by atoms with van der Waals surface area (Å²) in [6, 6.07) is 14.0. The first-order valence-corrected chi connectivity index (χ1v) is 12.0. The summed E-state index contributed by atoms with van der Waals surface area (Å²) in [5, 5.41) is -0.816. The van der Waals surface area contributed by atoms with Crippen LogP contribution in [0.2, 0.25) is 0 Å². The van der Waals surface area contributed by atoms with Crippen LogP contribution in [0.15, 0.2) is 59.5 Å². The minimum absolute atomic E-state index is 0.0254. The molecule has 1 aliphatic rings. The Bertz CT molecular complexity index is 974. The molecule has 146 valence electrons. The van der Waals surface area contributed by atoms with Crippen molar-refractivity contribution in [2.75, 3.05) is 18.8 Å². The first-order valence-electron chi connectivity index (χ1n) is 8.80. The Balaban J connectivity index is 1.72. The molecule has 0 N–H and O–H groups in total. The Labute approximate surface area is 159 Å². The molecule has 0 amide bonds. The van der Waals surface area contributed by atoms with Gasteiger partial charge in [-0.05, 0) is 49.1 Å². The highest BCUT2D eigenvalue weighted by atomic mass is 32.2. The maximum Gasteiger partial charge on any atom is 0.214 e. The Hall–Kier alpha value is -1.77. The van der Waals surface area contributed by atoms with E-state index in [0.717, 1.165) is 17.7 Å². The predicted molar refractivity (Wildman–Crippen MR) is 102 cm³/mol. The van der Waals surface area contributed by atoms with Crippen LogP contribution in [0.5, 0.6) is 0 Å². The van der Waals surface area contributed by atoms with Gasteiger partial charge in [-0.25, -0.2) is 25.5 Å². The number of sulfonamides is 1. The van der Waals surface area contributed by atoms with Crippen LogP contribution in [0, 0.1) is 5.82 Å². The van der Waals surface area contributed by atoms with E-state index in [9.17, 15) is 21.2 Å². The van der Waals surface area contributed by atoms with Gasteiger partial charge >= 0.3 is 0 Å². The van der Waals surface area contributed by atoms with Crippen molar-refractivity contribution < 1.29 is 21.2 Å². The number of aryl methyl sites for hydroxylation is 1. The molecule has 0 aromatic heterocycles. The summed E-state index contributed by atoms with van der Waals surface area (Å²) in [5.74, 6) is -0.567. The zero-order chi connectivity index (χ0) is 19.5. The fourth-order valence-corrected chi connectivity index (χ4v) is 6.66. The lowest BCUT2D eigenvalue weighted by atomic mass is 10.2. The van der Waals surface area contributed by atoms with Crippen molar-refractivity contribution in [3.63, 3.8) is 0 Å². The van der Waals surface area contributed by atoms with Crippen LogP contribution in [0.1, 0.15) is 18.4 Å². The summed E-state index contributed by atoms with van der Waals surface area (Å²) in [6.45, 7) is 0.267.